The molecule has 1 heterocycles. The summed E-state index contributed by atoms with van der Waals surface area (Å²) in [6, 6.07) is 5.36. The standard InChI is InChI=1S/C19H26N2O4/c1-3-9-25-15-6-7-16(13(2)10-15)20-18(24)21-11-14-5-4-8-19(14,12-21)17(22)23/h6-7,10,14H,3-5,8-9,11-12H2,1-2H3,(H,20,24)(H,22,23)/t14-,19+/m0/s1. The van der Waals surface area contributed by atoms with Gasteiger partial charge in [0.2, 0.25) is 0 Å². The molecule has 0 aromatic heterocycles. The van der Waals surface area contributed by atoms with Gasteiger partial charge in [-0.25, -0.2) is 4.79 Å². The molecule has 0 bridgehead atoms. The second-order valence-electron chi connectivity index (χ2n) is 7.19. The quantitative estimate of drug-likeness (QED) is 0.855. The minimum atomic E-state index is -0.765. The first kappa shape index (κ1) is 17.6. The number of carboxylic acids is 1. The topological polar surface area (TPSA) is 78.9 Å². The Balaban J connectivity index is 1.66. The van der Waals surface area contributed by atoms with Crippen LogP contribution >= 0.6 is 0 Å². The van der Waals surface area contributed by atoms with E-state index in [1.165, 1.54) is 0 Å². The Bertz CT molecular complexity index is 675. The molecule has 2 atom stereocenters. The molecule has 2 fully saturated rings. The molecular formula is C19H26N2O4. The predicted octanol–water partition coefficient (Wildman–Crippen LogP) is 3.50. The Morgan fingerprint density at radius 2 is 2.24 bits per heavy atom. The van der Waals surface area contributed by atoms with E-state index in [0.717, 1.165) is 36.3 Å². The molecule has 1 aliphatic heterocycles. The third-order valence-electron chi connectivity index (χ3n) is 5.50. The summed E-state index contributed by atoms with van der Waals surface area (Å²) in [4.78, 5) is 26.0. The van der Waals surface area contributed by atoms with Crippen LogP contribution in [0.3, 0.4) is 0 Å². The Labute approximate surface area is 148 Å². The average molecular weight is 346 g/mol. The zero-order valence-corrected chi connectivity index (χ0v) is 14.9. The molecule has 1 aromatic carbocycles. The number of aryl methyl sites for hydroxylation is 1. The summed E-state index contributed by atoms with van der Waals surface area (Å²) in [6.45, 7) is 5.46. The van der Waals surface area contributed by atoms with Gasteiger partial charge in [0.15, 0.2) is 0 Å². The highest BCUT2D eigenvalue weighted by Gasteiger charge is 2.55. The molecule has 1 saturated carbocycles. The first-order valence-electron chi connectivity index (χ1n) is 8.99. The molecule has 2 aliphatic rings. The number of nitrogens with zero attached hydrogens (tertiary/aromatic N) is 1. The van der Waals surface area contributed by atoms with E-state index >= 15 is 0 Å². The molecule has 136 valence electrons. The van der Waals surface area contributed by atoms with Gasteiger partial charge in [0, 0.05) is 18.8 Å². The summed E-state index contributed by atoms with van der Waals surface area (Å²) in [5, 5.41) is 12.6. The monoisotopic (exact) mass is 346 g/mol. The molecule has 6 heteroatoms. The molecule has 2 amide bonds. The smallest absolute Gasteiger partial charge is 0.321 e. The number of fused-ring (bicyclic) bond motifs is 1. The van der Waals surface area contributed by atoms with Crippen molar-refractivity contribution in [1.29, 1.82) is 0 Å². The molecular weight excluding hydrogens is 320 g/mol. The fraction of sp³-hybridized carbons (Fsp3) is 0.579. The zero-order chi connectivity index (χ0) is 18.0. The van der Waals surface area contributed by atoms with Crippen LogP contribution in [0.4, 0.5) is 10.5 Å². The number of nitrogens with one attached hydrogen (secondary N) is 1. The lowest BCUT2D eigenvalue weighted by atomic mass is 9.81. The van der Waals surface area contributed by atoms with E-state index < -0.39 is 11.4 Å². The van der Waals surface area contributed by atoms with Gasteiger partial charge in [0.25, 0.3) is 0 Å². The van der Waals surface area contributed by atoms with Gasteiger partial charge < -0.3 is 20.1 Å². The number of hydrogen-bond donors (Lipinski definition) is 2. The van der Waals surface area contributed by atoms with Crippen molar-refractivity contribution in [3.05, 3.63) is 23.8 Å². The van der Waals surface area contributed by atoms with Crippen molar-refractivity contribution in [2.45, 2.75) is 39.5 Å². The van der Waals surface area contributed by atoms with Crippen LogP contribution in [0.15, 0.2) is 18.2 Å². The number of ether oxygens (including phenoxy) is 1. The number of likely N-dealkylation sites (tertiary alicyclic amines) is 1. The van der Waals surface area contributed by atoms with Gasteiger partial charge >= 0.3 is 12.0 Å². The van der Waals surface area contributed by atoms with Gasteiger partial charge in [-0.2, -0.15) is 0 Å². The van der Waals surface area contributed by atoms with Crippen molar-refractivity contribution >= 4 is 17.7 Å². The van der Waals surface area contributed by atoms with Gasteiger partial charge in [0.1, 0.15) is 5.75 Å². The van der Waals surface area contributed by atoms with Crippen molar-refractivity contribution in [3.63, 3.8) is 0 Å². The summed E-state index contributed by atoms with van der Waals surface area (Å²) in [7, 11) is 0. The highest BCUT2D eigenvalue weighted by molar-refractivity contribution is 5.91. The van der Waals surface area contributed by atoms with E-state index in [-0.39, 0.29) is 11.9 Å². The lowest BCUT2D eigenvalue weighted by Gasteiger charge is -2.23. The largest absolute Gasteiger partial charge is 0.494 e. The fourth-order valence-corrected chi connectivity index (χ4v) is 4.07. The van der Waals surface area contributed by atoms with Gasteiger partial charge in [-0.1, -0.05) is 13.3 Å². The van der Waals surface area contributed by atoms with Gasteiger partial charge in [-0.05, 0) is 55.9 Å². The Morgan fingerprint density at radius 3 is 2.88 bits per heavy atom. The van der Waals surface area contributed by atoms with E-state index in [9.17, 15) is 14.7 Å². The Hall–Kier alpha value is -2.24. The van der Waals surface area contributed by atoms with Crippen LogP contribution in [0.1, 0.15) is 38.2 Å². The van der Waals surface area contributed by atoms with E-state index in [2.05, 4.69) is 12.2 Å². The number of aliphatic carboxylic acids is 1. The third kappa shape index (κ3) is 3.30. The second kappa shape index (κ2) is 6.94. The number of carbonyl (C=O) groups is 2. The summed E-state index contributed by atoms with van der Waals surface area (Å²) in [5.41, 5.74) is 0.911. The van der Waals surface area contributed by atoms with Crippen molar-refractivity contribution in [1.82, 2.24) is 4.90 Å². The molecule has 6 nitrogen and oxygen atoms in total. The molecule has 1 saturated heterocycles. The predicted molar refractivity (Wildman–Crippen MR) is 95.0 cm³/mol. The maximum Gasteiger partial charge on any atom is 0.321 e. The maximum absolute atomic E-state index is 12.6. The number of carbonyl (C=O) groups excluding carboxylic acids is 1. The van der Waals surface area contributed by atoms with Gasteiger partial charge in [0.05, 0.1) is 12.0 Å². The van der Waals surface area contributed by atoms with Crippen LogP contribution in [0.2, 0.25) is 0 Å². The normalized spacial score (nSPS) is 24.9. The number of urea groups is 1. The first-order valence-corrected chi connectivity index (χ1v) is 8.99. The molecule has 1 aliphatic carbocycles. The maximum atomic E-state index is 12.6. The molecule has 0 radical (unpaired) electrons. The highest BCUT2D eigenvalue weighted by Crippen LogP contribution is 2.48. The molecule has 0 unspecified atom stereocenters. The molecule has 3 rings (SSSR count). The Morgan fingerprint density at radius 1 is 1.44 bits per heavy atom. The van der Waals surface area contributed by atoms with Gasteiger partial charge in [-0.3, -0.25) is 4.79 Å². The number of carboxylic acid groups (broad SMARTS) is 1. The minimum Gasteiger partial charge on any atom is -0.494 e. The lowest BCUT2D eigenvalue weighted by Crippen LogP contribution is -2.38. The average Bonchev–Trinajstić information content (AvgIpc) is 3.13. The van der Waals surface area contributed by atoms with Crippen LogP contribution in [-0.2, 0) is 4.79 Å². The van der Waals surface area contributed by atoms with Crippen molar-refractivity contribution in [2.24, 2.45) is 11.3 Å². The van der Waals surface area contributed by atoms with Crippen LogP contribution in [0, 0.1) is 18.3 Å². The van der Waals surface area contributed by atoms with Gasteiger partial charge in [-0.15, -0.1) is 0 Å². The molecule has 2 N–H and O–H groups in total. The van der Waals surface area contributed by atoms with Crippen LogP contribution < -0.4 is 10.1 Å². The minimum absolute atomic E-state index is 0.0710. The SMILES string of the molecule is CCCOc1ccc(NC(=O)N2C[C@@H]3CCC[C@@]3(C(=O)O)C2)c(C)c1. The number of anilines is 1. The molecule has 0 spiro atoms. The molecule has 25 heavy (non-hydrogen) atoms. The van der Waals surface area contributed by atoms with Crippen LogP contribution in [0.25, 0.3) is 0 Å². The van der Waals surface area contributed by atoms with Crippen molar-refractivity contribution < 1.29 is 19.4 Å². The third-order valence-corrected chi connectivity index (χ3v) is 5.50. The lowest BCUT2D eigenvalue weighted by molar-refractivity contribution is -0.149. The van der Waals surface area contributed by atoms with E-state index in [0.29, 0.717) is 26.1 Å². The second-order valence-corrected chi connectivity index (χ2v) is 7.19. The number of rotatable bonds is 5. The summed E-state index contributed by atoms with van der Waals surface area (Å²) >= 11 is 0. The summed E-state index contributed by atoms with van der Waals surface area (Å²) in [5.74, 6) is 0.0958. The highest BCUT2D eigenvalue weighted by atomic mass is 16.5. The summed E-state index contributed by atoms with van der Waals surface area (Å²) in [6.07, 6.45) is 3.43. The van der Waals surface area contributed by atoms with E-state index in [1.807, 2.05) is 25.1 Å². The van der Waals surface area contributed by atoms with Crippen LogP contribution in [0.5, 0.6) is 5.75 Å². The zero-order valence-electron chi connectivity index (χ0n) is 14.9. The van der Waals surface area contributed by atoms with E-state index in [4.69, 9.17) is 4.74 Å². The number of hydrogen-bond acceptors (Lipinski definition) is 3. The van der Waals surface area contributed by atoms with Crippen molar-refractivity contribution in [2.75, 3.05) is 25.0 Å². The van der Waals surface area contributed by atoms with Crippen molar-refractivity contribution in [3.8, 4) is 5.75 Å². The fourth-order valence-electron chi connectivity index (χ4n) is 4.07. The number of benzene rings is 1. The first-order chi connectivity index (χ1) is 12.0. The number of amides is 2. The summed E-state index contributed by atoms with van der Waals surface area (Å²) < 4.78 is 5.60. The molecule has 1 aromatic rings. The van der Waals surface area contributed by atoms with Crippen LogP contribution in [-0.4, -0.2) is 41.7 Å². The Kier molecular flexibility index (Phi) is 4.88. The van der Waals surface area contributed by atoms with E-state index in [1.54, 1.807) is 4.90 Å².